The van der Waals surface area contributed by atoms with Gasteiger partial charge in [0.25, 0.3) is 0 Å². The Kier molecular flexibility index (Phi) is 5.50. The maximum Gasteiger partial charge on any atom is 0.137 e. The molecule has 0 saturated carbocycles. The van der Waals surface area contributed by atoms with E-state index in [0.717, 1.165) is 45.1 Å². The lowest BCUT2D eigenvalue weighted by molar-refractivity contribution is 1.04. The number of imidazole rings is 1. The van der Waals surface area contributed by atoms with E-state index in [0.29, 0.717) is 0 Å². The van der Waals surface area contributed by atoms with E-state index in [1.165, 1.54) is 32.9 Å². The van der Waals surface area contributed by atoms with Crippen LogP contribution in [0, 0.1) is 13.8 Å². The van der Waals surface area contributed by atoms with Gasteiger partial charge in [-0.1, -0.05) is 54.6 Å². The zero-order chi connectivity index (χ0) is 28.2. The second kappa shape index (κ2) is 9.53. The normalized spacial score (nSPS) is 11.6. The minimum atomic E-state index is 0.939. The minimum Gasteiger partial charge on any atom is -0.313 e. The maximum absolute atomic E-state index is 5.06. The summed E-state index contributed by atoms with van der Waals surface area (Å²) >= 11 is 0. The van der Waals surface area contributed by atoms with Crippen molar-refractivity contribution >= 4 is 27.3 Å². The van der Waals surface area contributed by atoms with Crippen molar-refractivity contribution in [2.75, 3.05) is 0 Å². The van der Waals surface area contributed by atoms with Crippen LogP contribution in [0.15, 0.2) is 128 Å². The first kappa shape index (κ1) is 24.3. The van der Waals surface area contributed by atoms with Gasteiger partial charge in [-0.25, -0.2) is 9.97 Å². The number of aryl methyl sites for hydroxylation is 1. The first-order valence-corrected chi connectivity index (χ1v) is 14.1. The van der Waals surface area contributed by atoms with Crippen LogP contribution in [0.1, 0.15) is 11.3 Å². The quantitative estimate of drug-likeness (QED) is 0.224. The Morgan fingerprint density at radius 2 is 1.33 bits per heavy atom. The molecule has 0 spiro atoms. The topological polar surface area (TPSA) is 48.0 Å². The van der Waals surface area contributed by atoms with Gasteiger partial charge in [0.1, 0.15) is 5.65 Å². The molecule has 8 rings (SSSR count). The van der Waals surface area contributed by atoms with Crippen molar-refractivity contribution in [2.45, 2.75) is 13.8 Å². The lowest BCUT2D eigenvalue weighted by Crippen LogP contribution is -1.97. The highest BCUT2D eigenvalue weighted by molar-refractivity contribution is 6.12. The van der Waals surface area contributed by atoms with Gasteiger partial charge in [-0.15, -0.1) is 0 Å². The summed E-state index contributed by atoms with van der Waals surface area (Å²) in [6.07, 6.45) is 7.72. The highest BCUT2D eigenvalue weighted by atomic mass is 15.0. The van der Waals surface area contributed by atoms with Gasteiger partial charge in [-0.3, -0.25) is 4.98 Å². The molecular weight excluding hydrogens is 514 g/mol. The second-order valence-electron chi connectivity index (χ2n) is 10.7. The van der Waals surface area contributed by atoms with Gasteiger partial charge < -0.3 is 8.97 Å². The molecule has 0 atom stereocenters. The van der Waals surface area contributed by atoms with E-state index in [4.69, 9.17) is 9.97 Å². The van der Waals surface area contributed by atoms with Crippen LogP contribution in [0.3, 0.4) is 0 Å². The molecule has 0 aliphatic heterocycles. The minimum absolute atomic E-state index is 0.939. The highest BCUT2D eigenvalue weighted by Crippen LogP contribution is 2.38. The van der Waals surface area contributed by atoms with Crippen LogP contribution in [-0.4, -0.2) is 23.9 Å². The van der Waals surface area contributed by atoms with Crippen molar-refractivity contribution in [3.8, 4) is 39.5 Å². The van der Waals surface area contributed by atoms with Gasteiger partial charge in [0, 0.05) is 63.6 Å². The van der Waals surface area contributed by atoms with Gasteiger partial charge in [0.05, 0.1) is 22.6 Å². The van der Waals surface area contributed by atoms with Crippen molar-refractivity contribution in [2.24, 2.45) is 0 Å². The van der Waals surface area contributed by atoms with Gasteiger partial charge in [-0.2, -0.15) is 0 Å². The fourth-order valence-electron chi connectivity index (χ4n) is 6.09. The lowest BCUT2D eigenvalue weighted by atomic mass is 9.98. The molecule has 0 radical (unpaired) electrons. The molecule has 0 saturated heterocycles. The molecule has 0 aliphatic rings. The average Bonchev–Trinajstić information content (AvgIpc) is 3.60. The lowest BCUT2D eigenvalue weighted by Gasteiger charge is -2.13. The van der Waals surface area contributed by atoms with Gasteiger partial charge >= 0.3 is 0 Å². The predicted molar refractivity (Wildman–Crippen MR) is 171 cm³/mol. The van der Waals surface area contributed by atoms with Crippen LogP contribution in [-0.2, 0) is 0 Å². The Morgan fingerprint density at radius 3 is 2.17 bits per heavy atom. The van der Waals surface area contributed by atoms with Crippen LogP contribution in [0.2, 0.25) is 0 Å². The fourth-order valence-corrected chi connectivity index (χ4v) is 6.09. The summed E-state index contributed by atoms with van der Waals surface area (Å²) < 4.78 is 4.45. The SMILES string of the molecule is Cc1c(C)n(-c2ccc(-c3cn4ccccc4n3)cc2)c2c1ccc1c(-c3cccc(-c4ccncc4)n3)cccc12. The van der Waals surface area contributed by atoms with Crippen LogP contribution in [0.5, 0.6) is 0 Å². The monoisotopic (exact) mass is 541 g/mol. The van der Waals surface area contributed by atoms with E-state index >= 15 is 0 Å². The number of rotatable bonds is 4. The highest BCUT2D eigenvalue weighted by Gasteiger charge is 2.17. The standard InChI is InChI=1S/C37H27N5/c1-24-25(2)42(28-14-12-26(13-15-28)35-23-41-22-4-3-11-36(41)40-35)37-29(24)16-17-30-31(7-5-8-32(30)37)34-10-6-9-33(39-34)27-18-20-38-21-19-27/h3-23H,1-2H3. The largest absolute Gasteiger partial charge is 0.313 e. The number of hydrogen-bond acceptors (Lipinski definition) is 3. The number of benzene rings is 3. The third-order valence-electron chi connectivity index (χ3n) is 8.33. The van der Waals surface area contributed by atoms with Crippen molar-refractivity contribution in [1.82, 2.24) is 23.9 Å². The zero-order valence-electron chi connectivity index (χ0n) is 23.4. The predicted octanol–water partition coefficient (Wildman–Crippen LogP) is 8.84. The molecule has 5 heterocycles. The molecule has 0 fully saturated rings. The molecule has 200 valence electrons. The summed E-state index contributed by atoms with van der Waals surface area (Å²) in [6, 6.07) is 36.1. The van der Waals surface area contributed by atoms with E-state index < -0.39 is 0 Å². The Morgan fingerprint density at radius 1 is 0.571 bits per heavy atom. The van der Waals surface area contributed by atoms with Crippen molar-refractivity contribution in [3.63, 3.8) is 0 Å². The molecular formula is C37H27N5. The van der Waals surface area contributed by atoms with Crippen molar-refractivity contribution < 1.29 is 0 Å². The van der Waals surface area contributed by atoms with E-state index in [-0.39, 0.29) is 0 Å². The molecule has 5 heteroatoms. The van der Waals surface area contributed by atoms with Crippen LogP contribution < -0.4 is 0 Å². The number of hydrogen-bond donors (Lipinski definition) is 0. The Labute approximate surface area is 243 Å². The number of nitrogens with zero attached hydrogens (tertiary/aromatic N) is 5. The number of fused-ring (bicyclic) bond motifs is 4. The molecule has 5 nitrogen and oxygen atoms in total. The van der Waals surface area contributed by atoms with Gasteiger partial charge in [0.15, 0.2) is 0 Å². The van der Waals surface area contributed by atoms with Crippen molar-refractivity contribution in [3.05, 3.63) is 139 Å². The second-order valence-corrected chi connectivity index (χ2v) is 10.7. The summed E-state index contributed by atoms with van der Waals surface area (Å²) in [5.41, 5.74) is 12.0. The molecule has 42 heavy (non-hydrogen) atoms. The Balaban J connectivity index is 1.28. The van der Waals surface area contributed by atoms with E-state index in [1.807, 2.05) is 36.5 Å². The number of aromatic nitrogens is 5. The Bertz CT molecular complexity index is 2220. The maximum atomic E-state index is 5.06. The molecule has 0 bridgehead atoms. The van der Waals surface area contributed by atoms with E-state index in [2.05, 4.69) is 107 Å². The van der Waals surface area contributed by atoms with Gasteiger partial charge in [0.2, 0.25) is 0 Å². The molecule has 3 aromatic carbocycles. The van der Waals surface area contributed by atoms with Crippen LogP contribution in [0.25, 0.3) is 66.8 Å². The fraction of sp³-hybridized carbons (Fsp3) is 0.0541. The summed E-state index contributed by atoms with van der Waals surface area (Å²) in [7, 11) is 0. The summed E-state index contributed by atoms with van der Waals surface area (Å²) in [6.45, 7) is 4.43. The Hall–Kier alpha value is -5.55. The zero-order valence-corrected chi connectivity index (χ0v) is 23.4. The summed E-state index contributed by atoms with van der Waals surface area (Å²) in [5, 5.41) is 3.66. The van der Waals surface area contributed by atoms with Crippen LogP contribution in [0.4, 0.5) is 0 Å². The summed E-state index contributed by atoms with van der Waals surface area (Å²) in [5.74, 6) is 0. The molecule has 8 aromatic rings. The molecule has 0 amide bonds. The smallest absolute Gasteiger partial charge is 0.137 e. The first-order chi connectivity index (χ1) is 20.7. The van der Waals surface area contributed by atoms with Crippen LogP contribution >= 0.6 is 0 Å². The molecule has 0 unspecified atom stereocenters. The van der Waals surface area contributed by atoms with E-state index in [9.17, 15) is 0 Å². The molecule has 0 N–H and O–H groups in total. The van der Waals surface area contributed by atoms with Gasteiger partial charge in [-0.05, 0) is 73.3 Å². The molecule has 0 aliphatic carbocycles. The number of pyridine rings is 3. The molecule has 5 aromatic heterocycles. The average molecular weight is 542 g/mol. The third kappa shape index (κ3) is 3.82. The van der Waals surface area contributed by atoms with Crippen molar-refractivity contribution in [1.29, 1.82) is 0 Å². The van der Waals surface area contributed by atoms with E-state index in [1.54, 1.807) is 12.4 Å². The first-order valence-electron chi connectivity index (χ1n) is 14.1. The third-order valence-corrected chi connectivity index (χ3v) is 8.33. The summed E-state index contributed by atoms with van der Waals surface area (Å²) in [4.78, 5) is 14.0.